The summed E-state index contributed by atoms with van der Waals surface area (Å²) in [7, 11) is -2.54. The molecule has 0 bridgehead atoms. The van der Waals surface area contributed by atoms with Crippen LogP contribution < -0.4 is 0 Å². The van der Waals surface area contributed by atoms with Crippen molar-refractivity contribution in [3.63, 3.8) is 0 Å². The van der Waals surface area contributed by atoms with Gasteiger partial charge in [0.15, 0.2) is 9.84 Å². The second-order valence-corrected chi connectivity index (χ2v) is 6.65. The summed E-state index contributed by atoms with van der Waals surface area (Å²) in [6, 6.07) is 10.8. The van der Waals surface area contributed by atoms with Crippen molar-refractivity contribution >= 4 is 21.5 Å². The first kappa shape index (κ1) is 16.6. The van der Waals surface area contributed by atoms with Gasteiger partial charge in [0.25, 0.3) is 5.69 Å². The molecular weight excluding hydrogens is 322 g/mol. The zero-order valence-electron chi connectivity index (χ0n) is 12.1. The maximum absolute atomic E-state index is 12.4. The minimum absolute atomic E-state index is 0.0530. The van der Waals surface area contributed by atoms with Gasteiger partial charge in [-0.15, -0.1) is 0 Å². The number of esters is 1. The van der Waals surface area contributed by atoms with Gasteiger partial charge in [0, 0.05) is 12.1 Å². The molecule has 0 aliphatic rings. The Hall–Kier alpha value is -2.74. The highest BCUT2D eigenvalue weighted by Crippen LogP contribution is 2.21. The summed E-state index contributed by atoms with van der Waals surface area (Å²) in [4.78, 5) is 21.6. The van der Waals surface area contributed by atoms with Crippen LogP contribution in [0.4, 0.5) is 5.69 Å². The van der Waals surface area contributed by atoms with E-state index in [4.69, 9.17) is 0 Å². The lowest BCUT2D eigenvalue weighted by molar-refractivity contribution is -0.384. The molecule has 0 unspecified atom stereocenters. The molecule has 8 heteroatoms. The Morgan fingerprint density at radius 2 is 1.74 bits per heavy atom. The van der Waals surface area contributed by atoms with Crippen molar-refractivity contribution in [1.82, 2.24) is 0 Å². The molecule has 0 aliphatic heterocycles. The summed E-state index contributed by atoms with van der Waals surface area (Å²) in [5.74, 6) is -1.03. The highest BCUT2D eigenvalue weighted by molar-refractivity contribution is 7.90. The molecule has 0 aliphatic carbocycles. The summed E-state index contributed by atoms with van der Waals surface area (Å²) in [5, 5.41) is 10.6. The molecule has 0 amide bonds. The predicted molar refractivity (Wildman–Crippen MR) is 81.8 cm³/mol. The largest absolute Gasteiger partial charge is 0.465 e. The molecule has 120 valence electrons. The van der Waals surface area contributed by atoms with Crippen LogP contribution in [0, 0.1) is 10.1 Å². The number of carbonyl (C=O) groups is 1. The molecule has 0 aromatic heterocycles. The van der Waals surface area contributed by atoms with E-state index in [9.17, 15) is 23.3 Å². The fourth-order valence-corrected chi connectivity index (χ4v) is 3.40. The third kappa shape index (κ3) is 3.72. The van der Waals surface area contributed by atoms with Crippen LogP contribution >= 0.6 is 0 Å². The van der Waals surface area contributed by atoms with Gasteiger partial charge in [0.1, 0.15) is 0 Å². The van der Waals surface area contributed by atoms with Gasteiger partial charge in [-0.2, -0.15) is 0 Å². The molecule has 23 heavy (non-hydrogen) atoms. The molecule has 0 atom stereocenters. The Labute approximate surface area is 132 Å². The quantitative estimate of drug-likeness (QED) is 0.472. The van der Waals surface area contributed by atoms with Gasteiger partial charge < -0.3 is 4.74 Å². The lowest BCUT2D eigenvalue weighted by Gasteiger charge is -2.08. The minimum atomic E-state index is -3.75. The number of hydrogen-bond donors (Lipinski definition) is 0. The van der Waals surface area contributed by atoms with Gasteiger partial charge in [0.05, 0.1) is 28.2 Å². The van der Waals surface area contributed by atoms with Crippen molar-refractivity contribution in [2.45, 2.75) is 10.6 Å². The topological polar surface area (TPSA) is 104 Å². The van der Waals surface area contributed by atoms with E-state index in [-0.39, 0.29) is 16.1 Å². The number of nitrogens with zero attached hydrogens (tertiary/aromatic N) is 1. The Bertz CT molecular complexity index is 843. The van der Waals surface area contributed by atoms with E-state index in [0.29, 0.717) is 5.56 Å². The highest BCUT2D eigenvalue weighted by atomic mass is 32.2. The van der Waals surface area contributed by atoms with Gasteiger partial charge >= 0.3 is 5.97 Å². The van der Waals surface area contributed by atoms with Gasteiger partial charge in [-0.3, -0.25) is 10.1 Å². The SMILES string of the molecule is COC(=O)c1ccccc1CS(=O)(=O)c1ccc([N+](=O)[O-])cc1. The van der Waals surface area contributed by atoms with Crippen LogP contribution in [0.3, 0.4) is 0 Å². The van der Waals surface area contributed by atoms with E-state index in [1.165, 1.54) is 31.4 Å². The van der Waals surface area contributed by atoms with Crippen LogP contribution in [-0.4, -0.2) is 26.4 Å². The summed E-state index contributed by atoms with van der Waals surface area (Å²) >= 11 is 0. The summed E-state index contributed by atoms with van der Waals surface area (Å²) in [5.41, 5.74) is 0.275. The van der Waals surface area contributed by atoms with E-state index in [2.05, 4.69) is 4.74 Å². The minimum Gasteiger partial charge on any atom is -0.465 e. The molecule has 0 spiro atoms. The molecule has 0 fully saturated rings. The molecule has 2 rings (SSSR count). The molecule has 0 radical (unpaired) electrons. The van der Waals surface area contributed by atoms with Crippen molar-refractivity contribution < 1.29 is 22.9 Å². The number of benzene rings is 2. The average molecular weight is 335 g/mol. The molecule has 0 saturated carbocycles. The monoisotopic (exact) mass is 335 g/mol. The molecule has 0 saturated heterocycles. The van der Waals surface area contributed by atoms with Crippen LogP contribution in [0.15, 0.2) is 53.4 Å². The van der Waals surface area contributed by atoms with Crippen LogP contribution in [0.1, 0.15) is 15.9 Å². The molecular formula is C15H13NO6S. The number of nitro benzene ring substituents is 1. The first-order valence-corrected chi connectivity index (χ1v) is 8.14. The number of sulfone groups is 1. The third-order valence-corrected chi connectivity index (χ3v) is 4.86. The lowest BCUT2D eigenvalue weighted by atomic mass is 10.1. The Morgan fingerprint density at radius 3 is 2.30 bits per heavy atom. The van der Waals surface area contributed by atoms with Gasteiger partial charge in [-0.05, 0) is 23.8 Å². The second kappa shape index (κ2) is 6.57. The predicted octanol–water partition coefficient (Wildman–Crippen LogP) is 2.36. The highest BCUT2D eigenvalue weighted by Gasteiger charge is 2.20. The lowest BCUT2D eigenvalue weighted by Crippen LogP contribution is -2.11. The van der Waals surface area contributed by atoms with E-state index in [1.54, 1.807) is 12.1 Å². The van der Waals surface area contributed by atoms with Crippen LogP contribution in [0.5, 0.6) is 0 Å². The standard InChI is InChI=1S/C15H13NO6S/c1-22-15(17)14-5-3-2-4-11(14)10-23(20,21)13-8-6-12(7-9-13)16(18)19/h2-9H,10H2,1H3. The molecule has 0 heterocycles. The van der Waals surface area contributed by atoms with Crippen molar-refractivity contribution in [3.05, 3.63) is 69.8 Å². The first-order chi connectivity index (χ1) is 10.8. The van der Waals surface area contributed by atoms with Crippen LogP contribution in [-0.2, 0) is 20.3 Å². The Kier molecular flexibility index (Phi) is 4.75. The van der Waals surface area contributed by atoms with E-state index < -0.39 is 26.5 Å². The fourth-order valence-electron chi connectivity index (χ4n) is 2.02. The van der Waals surface area contributed by atoms with Gasteiger partial charge in [0.2, 0.25) is 0 Å². The number of ether oxygens (including phenoxy) is 1. The van der Waals surface area contributed by atoms with E-state index in [1.807, 2.05) is 0 Å². The number of nitro groups is 1. The van der Waals surface area contributed by atoms with Gasteiger partial charge in [-0.1, -0.05) is 18.2 Å². The average Bonchev–Trinajstić information content (AvgIpc) is 2.54. The molecule has 2 aromatic carbocycles. The van der Waals surface area contributed by atoms with E-state index in [0.717, 1.165) is 12.1 Å². The van der Waals surface area contributed by atoms with Crippen LogP contribution in [0.2, 0.25) is 0 Å². The number of rotatable bonds is 5. The molecule has 0 N–H and O–H groups in total. The number of carbonyl (C=O) groups excluding carboxylic acids is 1. The first-order valence-electron chi connectivity index (χ1n) is 6.48. The zero-order valence-corrected chi connectivity index (χ0v) is 12.9. The Morgan fingerprint density at radius 1 is 1.13 bits per heavy atom. The van der Waals surface area contributed by atoms with Crippen molar-refractivity contribution in [2.24, 2.45) is 0 Å². The number of methoxy groups -OCH3 is 1. The fraction of sp³-hybridized carbons (Fsp3) is 0.133. The van der Waals surface area contributed by atoms with Crippen LogP contribution in [0.25, 0.3) is 0 Å². The summed E-state index contributed by atoms with van der Waals surface area (Å²) < 4.78 is 29.5. The molecule has 7 nitrogen and oxygen atoms in total. The molecule has 2 aromatic rings. The maximum Gasteiger partial charge on any atom is 0.338 e. The van der Waals surface area contributed by atoms with Crippen molar-refractivity contribution in [2.75, 3.05) is 7.11 Å². The Balaban J connectivity index is 2.35. The third-order valence-electron chi connectivity index (χ3n) is 3.17. The second-order valence-electron chi connectivity index (χ2n) is 4.66. The summed E-state index contributed by atoms with van der Waals surface area (Å²) in [6.07, 6.45) is 0. The number of non-ortho nitro benzene ring substituents is 1. The zero-order chi connectivity index (χ0) is 17.0. The normalized spacial score (nSPS) is 11.0. The smallest absolute Gasteiger partial charge is 0.338 e. The summed E-state index contributed by atoms with van der Waals surface area (Å²) in [6.45, 7) is 0. The van der Waals surface area contributed by atoms with E-state index >= 15 is 0 Å². The number of hydrogen-bond acceptors (Lipinski definition) is 6. The maximum atomic E-state index is 12.4. The van der Waals surface area contributed by atoms with Gasteiger partial charge in [-0.25, -0.2) is 13.2 Å². The van der Waals surface area contributed by atoms with Crippen molar-refractivity contribution in [3.8, 4) is 0 Å². The van der Waals surface area contributed by atoms with Crippen molar-refractivity contribution in [1.29, 1.82) is 0 Å².